The third-order valence-electron chi connectivity index (χ3n) is 5.78. The maximum atomic E-state index is 13.4. The van der Waals surface area contributed by atoms with Crippen LogP contribution in [0.1, 0.15) is 35.2 Å². The Kier molecular flexibility index (Phi) is 6.04. The molecule has 0 radical (unpaired) electrons. The van der Waals surface area contributed by atoms with Crippen LogP contribution in [-0.4, -0.2) is 55.0 Å². The number of imide groups is 1. The van der Waals surface area contributed by atoms with Gasteiger partial charge in [-0.2, -0.15) is 0 Å². The normalized spacial score (nSPS) is 20.9. The number of carbonyl (C=O) groups excluding carboxylic acids is 3. The average Bonchev–Trinajstić information content (AvgIpc) is 3.39. The fraction of sp³-hybridized carbons (Fsp3) is 0.375. The molecule has 3 amide bonds. The first-order chi connectivity index (χ1) is 15.0. The summed E-state index contributed by atoms with van der Waals surface area (Å²) in [6.45, 7) is 2.84. The van der Waals surface area contributed by atoms with E-state index in [0.29, 0.717) is 23.6 Å². The van der Waals surface area contributed by atoms with Crippen molar-refractivity contribution in [1.82, 2.24) is 4.90 Å². The molecule has 4 rings (SSSR count). The van der Waals surface area contributed by atoms with Crippen LogP contribution in [0.2, 0.25) is 0 Å². The van der Waals surface area contributed by atoms with Crippen molar-refractivity contribution in [1.29, 1.82) is 0 Å². The highest BCUT2D eigenvalue weighted by atomic mass is 16.5. The monoisotopic (exact) mass is 422 g/mol. The van der Waals surface area contributed by atoms with Crippen molar-refractivity contribution >= 4 is 23.4 Å². The molecule has 7 heteroatoms. The molecule has 2 aromatic rings. The van der Waals surface area contributed by atoms with Crippen LogP contribution in [0.4, 0.5) is 5.69 Å². The van der Waals surface area contributed by atoms with Crippen LogP contribution in [0.15, 0.2) is 48.5 Å². The van der Waals surface area contributed by atoms with Crippen LogP contribution in [0.25, 0.3) is 0 Å². The molecular weight excluding hydrogens is 396 g/mol. The molecule has 0 aliphatic carbocycles. The SMILES string of the molecule is COc1ccc(N2C(=O)CC(N(CC3CCCO3)C(=O)c3cccc(C)c3)C2=O)cc1. The summed E-state index contributed by atoms with van der Waals surface area (Å²) in [6, 6.07) is 13.2. The minimum Gasteiger partial charge on any atom is -0.497 e. The van der Waals surface area contributed by atoms with E-state index in [0.717, 1.165) is 23.3 Å². The number of hydrogen-bond donors (Lipinski definition) is 0. The Balaban J connectivity index is 1.63. The standard InChI is InChI=1S/C24H26N2O5/c1-16-5-3-6-17(13-16)23(28)25(15-20-7-4-12-31-20)21-14-22(27)26(24(21)29)18-8-10-19(30-2)11-9-18/h3,5-6,8-11,13,20-21H,4,7,12,14-15H2,1-2H3. The van der Waals surface area contributed by atoms with Gasteiger partial charge in [-0.05, 0) is 56.2 Å². The van der Waals surface area contributed by atoms with Gasteiger partial charge in [-0.1, -0.05) is 17.7 Å². The van der Waals surface area contributed by atoms with Gasteiger partial charge in [0.1, 0.15) is 11.8 Å². The molecule has 0 saturated carbocycles. The van der Waals surface area contributed by atoms with E-state index in [1.165, 1.54) is 4.90 Å². The molecule has 2 heterocycles. The van der Waals surface area contributed by atoms with E-state index in [1.807, 2.05) is 19.1 Å². The molecule has 2 atom stereocenters. The van der Waals surface area contributed by atoms with Gasteiger partial charge >= 0.3 is 0 Å². The molecule has 2 aliphatic rings. The van der Waals surface area contributed by atoms with Gasteiger partial charge in [0.2, 0.25) is 5.91 Å². The predicted molar refractivity (Wildman–Crippen MR) is 115 cm³/mol. The quantitative estimate of drug-likeness (QED) is 0.669. The van der Waals surface area contributed by atoms with E-state index < -0.39 is 11.9 Å². The molecule has 2 saturated heterocycles. The van der Waals surface area contributed by atoms with Gasteiger partial charge in [0.15, 0.2) is 0 Å². The molecule has 31 heavy (non-hydrogen) atoms. The summed E-state index contributed by atoms with van der Waals surface area (Å²) >= 11 is 0. The molecule has 2 fully saturated rings. The summed E-state index contributed by atoms with van der Waals surface area (Å²) in [4.78, 5) is 42.2. The maximum absolute atomic E-state index is 13.4. The van der Waals surface area contributed by atoms with Crippen LogP contribution in [0.5, 0.6) is 5.75 Å². The Morgan fingerprint density at radius 2 is 1.97 bits per heavy atom. The Morgan fingerprint density at radius 3 is 2.61 bits per heavy atom. The lowest BCUT2D eigenvalue weighted by atomic mass is 10.1. The molecule has 0 bridgehead atoms. The van der Waals surface area contributed by atoms with Crippen LogP contribution in [-0.2, 0) is 14.3 Å². The number of rotatable bonds is 6. The number of benzene rings is 2. The van der Waals surface area contributed by atoms with E-state index in [9.17, 15) is 14.4 Å². The smallest absolute Gasteiger partial charge is 0.257 e. The summed E-state index contributed by atoms with van der Waals surface area (Å²) in [5, 5.41) is 0. The number of hydrogen-bond acceptors (Lipinski definition) is 5. The Morgan fingerprint density at radius 1 is 1.19 bits per heavy atom. The van der Waals surface area contributed by atoms with Crippen molar-refractivity contribution in [2.75, 3.05) is 25.2 Å². The molecule has 0 aromatic heterocycles. The first-order valence-corrected chi connectivity index (χ1v) is 10.5. The molecule has 2 aromatic carbocycles. The summed E-state index contributed by atoms with van der Waals surface area (Å²) in [5.41, 5.74) is 1.93. The average molecular weight is 422 g/mol. The van der Waals surface area contributed by atoms with Gasteiger partial charge in [-0.3, -0.25) is 14.4 Å². The number of amides is 3. The molecular formula is C24H26N2O5. The van der Waals surface area contributed by atoms with Gasteiger partial charge in [-0.15, -0.1) is 0 Å². The summed E-state index contributed by atoms with van der Waals surface area (Å²) in [7, 11) is 1.55. The van der Waals surface area contributed by atoms with Gasteiger partial charge in [0.25, 0.3) is 11.8 Å². The van der Waals surface area contributed by atoms with Crippen molar-refractivity contribution in [2.45, 2.75) is 38.3 Å². The molecule has 2 unspecified atom stereocenters. The first kappa shape index (κ1) is 21.1. The minimum absolute atomic E-state index is 0.0465. The second-order valence-corrected chi connectivity index (χ2v) is 7.95. The topological polar surface area (TPSA) is 76.2 Å². The van der Waals surface area contributed by atoms with Gasteiger partial charge in [0.05, 0.1) is 25.3 Å². The van der Waals surface area contributed by atoms with E-state index in [-0.39, 0.29) is 30.9 Å². The third kappa shape index (κ3) is 4.32. The number of methoxy groups -OCH3 is 1. The van der Waals surface area contributed by atoms with E-state index in [2.05, 4.69) is 0 Å². The fourth-order valence-corrected chi connectivity index (χ4v) is 4.17. The van der Waals surface area contributed by atoms with Crippen molar-refractivity contribution < 1.29 is 23.9 Å². The number of anilines is 1. The van der Waals surface area contributed by atoms with E-state index in [4.69, 9.17) is 9.47 Å². The zero-order valence-electron chi connectivity index (χ0n) is 17.7. The zero-order valence-corrected chi connectivity index (χ0v) is 17.7. The molecule has 7 nitrogen and oxygen atoms in total. The second-order valence-electron chi connectivity index (χ2n) is 7.95. The van der Waals surface area contributed by atoms with Crippen LogP contribution < -0.4 is 9.64 Å². The lowest BCUT2D eigenvalue weighted by Crippen LogP contribution is -2.48. The van der Waals surface area contributed by atoms with E-state index in [1.54, 1.807) is 43.5 Å². The summed E-state index contributed by atoms with van der Waals surface area (Å²) < 4.78 is 10.9. The highest BCUT2D eigenvalue weighted by molar-refractivity contribution is 6.23. The number of aryl methyl sites for hydroxylation is 1. The number of ether oxygens (including phenoxy) is 2. The Bertz CT molecular complexity index is 982. The van der Waals surface area contributed by atoms with Gasteiger partial charge in [0, 0.05) is 18.7 Å². The zero-order chi connectivity index (χ0) is 22.0. The minimum atomic E-state index is -0.855. The largest absolute Gasteiger partial charge is 0.497 e. The van der Waals surface area contributed by atoms with Crippen LogP contribution >= 0.6 is 0 Å². The van der Waals surface area contributed by atoms with Crippen molar-refractivity contribution in [2.24, 2.45) is 0 Å². The predicted octanol–water partition coefficient (Wildman–Crippen LogP) is 2.96. The van der Waals surface area contributed by atoms with Gasteiger partial charge in [-0.25, -0.2) is 4.90 Å². The van der Waals surface area contributed by atoms with Gasteiger partial charge < -0.3 is 14.4 Å². The molecule has 0 spiro atoms. The lowest BCUT2D eigenvalue weighted by Gasteiger charge is -2.30. The third-order valence-corrected chi connectivity index (χ3v) is 5.78. The fourth-order valence-electron chi connectivity index (χ4n) is 4.17. The van der Waals surface area contributed by atoms with Crippen LogP contribution in [0.3, 0.4) is 0 Å². The van der Waals surface area contributed by atoms with Crippen molar-refractivity contribution in [3.63, 3.8) is 0 Å². The lowest BCUT2D eigenvalue weighted by molar-refractivity contribution is -0.122. The highest BCUT2D eigenvalue weighted by Crippen LogP contribution is 2.29. The first-order valence-electron chi connectivity index (χ1n) is 10.5. The molecule has 162 valence electrons. The summed E-state index contributed by atoms with van der Waals surface area (Å²) in [6.07, 6.45) is 1.57. The number of nitrogens with zero attached hydrogens (tertiary/aromatic N) is 2. The molecule has 2 aliphatic heterocycles. The van der Waals surface area contributed by atoms with Crippen LogP contribution in [0, 0.1) is 6.92 Å². The molecule has 0 N–H and O–H groups in total. The second kappa shape index (κ2) is 8.89. The highest BCUT2D eigenvalue weighted by Gasteiger charge is 2.45. The Hall–Kier alpha value is -3.19. The Labute approximate surface area is 181 Å². The summed E-state index contributed by atoms with van der Waals surface area (Å²) in [5.74, 6) is -0.348. The number of carbonyl (C=O) groups is 3. The van der Waals surface area contributed by atoms with Crippen molar-refractivity contribution in [3.8, 4) is 5.75 Å². The van der Waals surface area contributed by atoms with Crippen molar-refractivity contribution in [3.05, 3.63) is 59.7 Å². The maximum Gasteiger partial charge on any atom is 0.257 e. The van der Waals surface area contributed by atoms with E-state index >= 15 is 0 Å².